The molecule has 3 heterocycles. The zero-order chi connectivity index (χ0) is 28.8. The third kappa shape index (κ3) is 5.51. The number of hydrogen-bond donors (Lipinski definition) is 2. The molecule has 2 atom stereocenters. The lowest BCUT2D eigenvalue weighted by molar-refractivity contribution is -0.137. The molecule has 0 unspecified atom stereocenters. The highest BCUT2D eigenvalue weighted by atomic mass is 16.5. The van der Waals surface area contributed by atoms with E-state index in [1.165, 1.54) is 0 Å². The lowest BCUT2D eigenvalue weighted by Crippen LogP contribution is -2.41. The molecule has 4 aromatic rings. The van der Waals surface area contributed by atoms with Crippen molar-refractivity contribution in [3.63, 3.8) is 0 Å². The van der Waals surface area contributed by atoms with Crippen LogP contribution in [-0.4, -0.2) is 53.7 Å². The van der Waals surface area contributed by atoms with Gasteiger partial charge in [-0.2, -0.15) is 0 Å². The minimum absolute atomic E-state index is 0.0263. The SMILES string of the molecule is Cc1ccc([C@@H](CC(=O)O)c2ccc3c(nnn3C)c2C)cc1CN1Cc2nc(O)ccc2O[C@H](C(C)(C)C)C1. The molecule has 0 aliphatic carbocycles. The van der Waals surface area contributed by atoms with E-state index in [9.17, 15) is 15.0 Å². The molecule has 0 radical (unpaired) electrons. The van der Waals surface area contributed by atoms with E-state index in [-0.39, 0.29) is 29.7 Å². The Morgan fingerprint density at radius 1 is 1.15 bits per heavy atom. The maximum absolute atomic E-state index is 12.0. The quantitative estimate of drug-likeness (QED) is 0.345. The summed E-state index contributed by atoms with van der Waals surface area (Å²) in [5.74, 6) is -0.521. The minimum atomic E-state index is -0.856. The van der Waals surface area contributed by atoms with Crippen molar-refractivity contribution in [2.24, 2.45) is 12.5 Å². The summed E-state index contributed by atoms with van der Waals surface area (Å²) in [7, 11) is 1.85. The summed E-state index contributed by atoms with van der Waals surface area (Å²) in [6.45, 7) is 12.4. The highest BCUT2D eigenvalue weighted by Gasteiger charge is 2.33. The van der Waals surface area contributed by atoms with Gasteiger partial charge in [0, 0.05) is 44.1 Å². The van der Waals surface area contributed by atoms with Crippen LogP contribution in [-0.2, 0) is 24.9 Å². The Hall–Kier alpha value is -3.98. The summed E-state index contributed by atoms with van der Waals surface area (Å²) in [6, 6.07) is 13.6. The molecule has 1 aliphatic rings. The van der Waals surface area contributed by atoms with E-state index in [4.69, 9.17) is 4.74 Å². The largest absolute Gasteiger partial charge is 0.493 e. The van der Waals surface area contributed by atoms with E-state index in [1.54, 1.807) is 16.8 Å². The van der Waals surface area contributed by atoms with E-state index in [2.05, 4.69) is 60.0 Å². The second-order valence-electron chi connectivity index (χ2n) is 12.0. The number of carboxylic acids is 1. The number of carboxylic acid groups (broad SMARTS) is 1. The smallest absolute Gasteiger partial charge is 0.304 e. The summed E-state index contributed by atoms with van der Waals surface area (Å²) < 4.78 is 8.12. The molecule has 0 bridgehead atoms. The summed E-state index contributed by atoms with van der Waals surface area (Å²) in [5.41, 5.74) is 7.36. The molecule has 0 saturated carbocycles. The molecule has 0 fully saturated rings. The van der Waals surface area contributed by atoms with Gasteiger partial charge in [0.2, 0.25) is 5.88 Å². The predicted molar refractivity (Wildman–Crippen MR) is 152 cm³/mol. The summed E-state index contributed by atoms with van der Waals surface area (Å²) in [5, 5.41) is 28.4. The Kier molecular flexibility index (Phi) is 7.27. The second-order valence-corrected chi connectivity index (χ2v) is 12.0. The number of aromatic hydroxyl groups is 1. The lowest BCUT2D eigenvalue weighted by Gasteiger charge is -2.33. The van der Waals surface area contributed by atoms with Gasteiger partial charge in [-0.3, -0.25) is 9.69 Å². The number of hydrogen-bond acceptors (Lipinski definition) is 7. The molecule has 40 heavy (non-hydrogen) atoms. The monoisotopic (exact) mass is 543 g/mol. The van der Waals surface area contributed by atoms with Gasteiger partial charge in [-0.05, 0) is 53.8 Å². The number of rotatable bonds is 6. The number of benzene rings is 2. The van der Waals surface area contributed by atoms with Crippen molar-refractivity contribution >= 4 is 17.0 Å². The molecular formula is C31H37N5O4. The highest BCUT2D eigenvalue weighted by Crippen LogP contribution is 2.36. The van der Waals surface area contributed by atoms with Crippen molar-refractivity contribution < 1.29 is 19.7 Å². The fourth-order valence-corrected chi connectivity index (χ4v) is 5.50. The van der Waals surface area contributed by atoms with Crippen molar-refractivity contribution in [2.75, 3.05) is 6.54 Å². The first-order valence-electron chi connectivity index (χ1n) is 13.6. The number of pyridine rings is 1. The third-order valence-corrected chi connectivity index (χ3v) is 7.95. The zero-order valence-electron chi connectivity index (χ0n) is 24.0. The number of aliphatic carboxylic acids is 1. The fourth-order valence-electron chi connectivity index (χ4n) is 5.50. The molecule has 2 aromatic carbocycles. The number of aryl methyl sites for hydroxylation is 3. The van der Waals surface area contributed by atoms with Gasteiger partial charge in [0.25, 0.3) is 0 Å². The normalized spacial score (nSPS) is 16.8. The Bertz CT molecular complexity index is 1570. The van der Waals surface area contributed by atoms with E-state index < -0.39 is 5.97 Å². The van der Waals surface area contributed by atoms with Crippen LogP contribution in [0.3, 0.4) is 0 Å². The Labute approximate surface area is 234 Å². The first-order valence-corrected chi connectivity index (χ1v) is 13.6. The Morgan fingerprint density at radius 3 is 2.65 bits per heavy atom. The van der Waals surface area contributed by atoms with Gasteiger partial charge >= 0.3 is 5.97 Å². The molecule has 0 amide bonds. The van der Waals surface area contributed by atoms with Crippen molar-refractivity contribution in [3.05, 3.63) is 76.0 Å². The van der Waals surface area contributed by atoms with Gasteiger partial charge in [0.15, 0.2) is 0 Å². The Morgan fingerprint density at radius 2 is 1.93 bits per heavy atom. The van der Waals surface area contributed by atoms with E-state index in [1.807, 2.05) is 32.2 Å². The van der Waals surface area contributed by atoms with E-state index in [0.717, 1.165) is 38.9 Å². The van der Waals surface area contributed by atoms with Gasteiger partial charge in [-0.25, -0.2) is 9.67 Å². The van der Waals surface area contributed by atoms with Crippen LogP contribution >= 0.6 is 0 Å². The molecule has 5 rings (SSSR count). The van der Waals surface area contributed by atoms with Crippen LogP contribution < -0.4 is 4.74 Å². The average molecular weight is 544 g/mol. The van der Waals surface area contributed by atoms with Crippen LogP contribution in [0, 0.1) is 19.3 Å². The summed E-state index contributed by atoms with van der Waals surface area (Å²) >= 11 is 0. The van der Waals surface area contributed by atoms with Crippen LogP contribution in [0.25, 0.3) is 11.0 Å². The van der Waals surface area contributed by atoms with Crippen molar-refractivity contribution in [2.45, 2.75) is 66.2 Å². The maximum Gasteiger partial charge on any atom is 0.304 e. The van der Waals surface area contributed by atoms with Crippen molar-refractivity contribution in [1.29, 1.82) is 0 Å². The number of aromatic nitrogens is 4. The maximum atomic E-state index is 12.0. The molecule has 2 aromatic heterocycles. The summed E-state index contributed by atoms with van der Waals surface area (Å²) in [6.07, 6.45) is -0.111. The molecule has 0 saturated heterocycles. The van der Waals surface area contributed by atoms with Crippen LogP contribution in [0.2, 0.25) is 0 Å². The first-order chi connectivity index (χ1) is 18.9. The number of fused-ring (bicyclic) bond motifs is 2. The fraction of sp³-hybridized carbons (Fsp3) is 0.419. The van der Waals surface area contributed by atoms with Gasteiger partial charge < -0.3 is 14.9 Å². The third-order valence-electron chi connectivity index (χ3n) is 7.95. The van der Waals surface area contributed by atoms with Gasteiger partial charge in [0.1, 0.15) is 23.1 Å². The van der Waals surface area contributed by atoms with Crippen LogP contribution in [0.5, 0.6) is 11.6 Å². The summed E-state index contributed by atoms with van der Waals surface area (Å²) in [4.78, 5) is 18.7. The van der Waals surface area contributed by atoms with Crippen LogP contribution in [0.4, 0.5) is 0 Å². The second kappa shape index (κ2) is 10.5. The van der Waals surface area contributed by atoms with Crippen LogP contribution in [0.15, 0.2) is 42.5 Å². The highest BCUT2D eigenvalue weighted by molar-refractivity contribution is 5.80. The lowest BCUT2D eigenvalue weighted by atomic mass is 9.84. The number of ether oxygens (including phenoxy) is 1. The molecule has 210 valence electrons. The predicted octanol–water partition coefficient (Wildman–Crippen LogP) is 5.10. The standard InChI is InChI=1S/C31H37N5O4/c1-18-7-8-20(23(14-29(38)39)22-9-10-25-30(19(22)2)33-34-35(25)6)13-21(18)15-36-16-24-26(11-12-28(37)32-24)40-27(17-36)31(3,4)5/h7-13,23,27H,14-17H2,1-6H3,(H,32,37)(H,38,39)/t23-,27+/m1/s1. The topological polar surface area (TPSA) is 114 Å². The van der Waals surface area contributed by atoms with Gasteiger partial charge in [0.05, 0.1) is 11.9 Å². The van der Waals surface area contributed by atoms with Gasteiger partial charge in [-0.15, -0.1) is 5.10 Å². The molecule has 2 N–H and O–H groups in total. The van der Waals surface area contributed by atoms with E-state index in [0.29, 0.717) is 31.1 Å². The molecule has 9 nitrogen and oxygen atoms in total. The number of carbonyl (C=O) groups is 1. The number of nitrogens with zero attached hydrogens (tertiary/aromatic N) is 5. The average Bonchev–Trinajstić information content (AvgIpc) is 3.15. The Balaban J connectivity index is 1.51. The van der Waals surface area contributed by atoms with Crippen LogP contribution in [0.1, 0.15) is 66.6 Å². The molecule has 0 spiro atoms. The molecular weight excluding hydrogens is 506 g/mol. The zero-order valence-corrected chi connectivity index (χ0v) is 24.0. The van der Waals surface area contributed by atoms with Gasteiger partial charge in [-0.1, -0.05) is 50.3 Å². The van der Waals surface area contributed by atoms with E-state index >= 15 is 0 Å². The molecule has 1 aliphatic heterocycles. The van der Waals surface area contributed by atoms with Crippen molar-refractivity contribution in [1.82, 2.24) is 24.9 Å². The minimum Gasteiger partial charge on any atom is -0.493 e. The molecule has 9 heteroatoms. The first kappa shape index (κ1) is 27.6. The van der Waals surface area contributed by atoms with Crippen molar-refractivity contribution in [3.8, 4) is 11.6 Å².